The maximum absolute atomic E-state index is 14.5. The molecule has 0 saturated heterocycles. The Balaban J connectivity index is 1.56. The average Bonchev–Trinajstić information content (AvgIpc) is 3.20. The Kier molecular flexibility index (Phi) is 6.02. The van der Waals surface area contributed by atoms with Gasteiger partial charge in [-0.2, -0.15) is 0 Å². The summed E-state index contributed by atoms with van der Waals surface area (Å²) in [5, 5.41) is 11.7. The number of carbonyl (C=O) groups is 3. The Morgan fingerprint density at radius 2 is 1.74 bits per heavy atom. The Morgan fingerprint density at radius 3 is 2.32 bits per heavy atom. The first-order chi connectivity index (χ1) is 17.4. The van der Waals surface area contributed by atoms with Gasteiger partial charge in [0.15, 0.2) is 5.60 Å². The molecule has 0 bridgehead atoms. The van der Waals surface area contributed by atoms with Crippen molar-refractivity contribution in [1.82, 2.24) is 0 Å². The number of esters is 1. The summed E-state index contributed by atoms with van der Waals surface area (Å²) in [4.78, 5) is 39.7. The van der Waals surface area contributed by atoms with Crippen LogP contribution in [0.2, 0.25) is 0 Å². The number of carbonyl (C=O) groups excluding carboxylic acids is 3. The Bertz CT molecular complexity index is 1150. The second kappa shape index (κ2) is 8.28. The number of Topliss-reactive ketones (excluding diaryl/α,β-unsaturated/α-hetero) is 1. The van der Waals surface area contributed by atoms with Gasteiger partial charge >= 0.3 is 5.97 Å². The lowest BCUT2D eigenvalue weighted by atomic mass is 9.38. The monoisotopic (exact) mass is 526 g/mol. The smallest absolute Gasteiger partial charge is 0.302 e. The summed E-state index contributed by atoms with van der Waals surface area (Å²) >= 11 is 0. The number of aliphatic hydroxyl groups is 1. The minimum Gasteiger partial charge on any atom is -0.483 e. The van der Waals surface area contributed by atoms with E-state index in [0.29, 0.717) is 18.6 Å². The first-order valence-corrected chi connectivity index (χ1v) is 14.5. The molecule has 0 radical (unpaired) electrons. The van der Waals surface area contributed by atoms with Crippen LogP contribution in [0.25, 0.3) is 0 Å². The van der Waals surface area contributed by atoms with Crippen molar-refractivity contribution < 1.29 is 29.0 Å². The van der Waals surface area contributed by atoms with Crippen molar-refractivity contribution in [3.8, 4) is 0 Å². The molecule has 9 unspecified atom stereocenters. The summed E-state index contributed by atoms with van der Waals surface area (Å²) in [6.07, 6.45) is 6.09. The van der Waals surface area contributed by atoms with Gasteiger partial charge in [-0.1, -0.05) is 60.1 Å². The van der Waals surface area contributed by atoms with Gasteiger partial charge in [0.05, 0.1) is 6.10 Å². The third kappa shape index (κ3) is 3.31. The number of fused-ring (bicyclic) bond motifs is 5. The highest BCUT2D eigenvalue weighted by molar-refractivity contribution is 6.00. The summed E-state index contributed by atoms with van der Waals surface area (Å²) in [7, 11) is 0. The van der Waals surface area contributed by atoms with E-state index in [1.54, 1.807) is 6.08 Å². The lowest BCUT2D eigenvalue weighted by Crippen LogP contribution is -2.64. The van der Waals surface area contributed by atoms with Crippen molar-refractivity contribution in [2.45, 2.75) is 112 Å². The van der Waals surface area contributed by atoms with Gasteiger partial charge in [-0.3, -0.25) is 14.4 Å². The Hall–Kier alpha value is -1.95. The van der Waals surface area contributed by atoms with Gasteiger partial charge in [0.1, 0.15) is 17.6 Å². The molecule has 1 heterocycles. The molecule has 38 heavy (non-hydrogen) atoms. The van der Waals surface area contributed by atoms with Crippen molar-refractivity contribution in [2.24, 2.45) is 45.3 Å². The normalized spacial score (nSPS) is 47.5. The molecule has 5 rings (SSSR count). The van der Waals surface area contributed by atoms with Crippen LogP contribution in [0.15, 0.2) is 23.5 Å². The van der Waals surface area contributed by atoms with Gasteiger partial charge in [0.2, 0.25) is 5.78 Å². The summed E-state index contributed by atoms with van der Waals surface area (Å²) < 4.78 is 12.1. The molecule has 1 N–H and O–H groups in total. The van der Waals surface area contributed by atoms with E-state index in [-0.39, 0.29) is 52.2 Å². The summed E-state index contributed by atoms with van der Waals surface area (Å²) in [6.45, 7) is 18.1. The molecule has 0 aromatic heterocycles. The number of aliphatic hydroxyl groups excluding tert-OH is 1. The number of ketones is 2. The summed E-state index contributed by atoms with van der Waals surface area (Å²) in [5.41, 5.74) is -1.82. The number of hydrogen-bond donors (Lipinski definition) is 1. The van der Waals surface area contributed by atoms with E-state index in [2.05, 4.69) is 40.7 Å². The van der Waals surface area contributed by atoms with Crippen LogP contribution in [0.3, 0.4) is 0 Å². The molecule has 4 aliphatic carbocycles. The van der Waals surface area contributed by atoms with Crippen LogP contribution in [0.4, 0.5) is 0 Å². The topological polar surface area (TPSA) is 89.9 Å². The van der Waals surface area contributed by atoms with E-state index < -0.39 is 28.5 Å². The minimum absolute atomic E-state index is 0.0355. The molecule has 6 nitrogen and oxygen atoms in total. The second-order valence-corrected chi connectivity index (χ2v) is 14.6. The molecular formula is C32H46O6. The van der Waals surface area contributed by atoms with E-state index >= 15 is 0 Å². The number of allylic oxidation sites excluding steroid dienone is 2. The number of hydrogen-bond acceptors (Lipinski definition) is 6. The lowest BCUT2D eigenvalue weighted by Gasteiger charge is -2.64. The van der Waals surface area contributed by atoms with Crippen molar-refractivity contribution in [3.05, 3.63) is 23.5 Å². The maximum atomic E-state index is 14.5. The fourth-order valence-electron chi connectivity index (χ4n) is 9.96. The van der Waals surface area contributed by atoms with Crippen LogP contribution < -0.4 is 0 Å². The molecule has 9 atom stereocenters. The van der Waals surface area contributed by atoms with Crippen LogP contribution in [0, 0.1) is 45.3 Å². The fraction of sp³-hybridized carbons (Fsp3) is 0.781. The average molecular weight is 527 g/mol. The van der Waals surface area contributed by atoms with Gasteiger partial charge < -0.3 is 14.6 Å². The van der Waals surface area contributed by atoms with Crippen LogP contribution in [-0.2, 0) is 23.9 Å². The second-order valence-electron chi connectivity index (χ2n) is 14.6. The molecule has 0 amide bonds. The van der Waals surface area contributed by atoms with Crippen LogP contribution in [0.5, 0.6) is 0 Å². The maximum Gasteiger partial charge on any atom is 0.302 e. The zero-order chi connectivity index (χ0) is 28.2. The molecular weight excluding hydrogens is 480 g/mol. The van der Waals surface area contributed by atoms with E-state index in [4.69, 9.17) is 9.47 Å². The standard InChI is InChI=1S/C32H46O6/c1-17(2)22-14-24(35)32(9,38-22)27-21(34)15-29(6)23-12-10-19-20(31(23,8)25(36)16-30(27,29)7)11-13-26(28(19,4)5)37-18(3)33/h10,14,17,20-21,23,26-27,34H,11-13,15-16H2,1-9H3. The highest BCUT2D eigenvalue weighted by Crippen LogP contribution is 2.74. The number of ether oxygens (including phenoxy) is 2. The molecule has 0 spiro atoms. The molecule has 210 valence electrons. The van der Waals surface area contributed by atoms with Gasteiger partial charge in [0.25, 0.3) is 0 Å². The minimum atomic E-state index is -1.18. The van der Waals surface area contributed by atoms with E-state index in [1.807, 2.05) is 20.8 Å². The van der Waals surface area contributed by atoms with Crippen LogP contribution >= 0.6 is 0 Å². The van der Waals surface area contributed by atoms with E-state index in [0.717, 1.165) is 19.3 Å². The van der Waals surface area contributed by atoms with Gasteiger partial charge in [-0.15, -0.1) is 0 Å². The third-order valence-corrected chi connectivity index (χ3v) is 12.1. The SMILES string of the molecule is CC(=O)OC1CCC2C(=CCC3C2(C)C(=O)CC2(C)C(C4(C)OC(C(C)C)=CC4=O)C(O)CC32C)C1(C)C. The van der Waals surface area contributed by atoms with Crippen molar-refractivity contribution in [3.63, 3.8) is 0 Å². The highest BCUT2D eigenvalue weighted by atomic mass is 16.5. The van der Waals surface area contributed by atoms with Gasteiger partial charge in [0, 0.05) is 42.1 Å². The molecule has 0 aromatic rings. The summed E-state index contributed by atoms with van der Waals surface area (Å²) in [6, 6.07) is 0. The molecule has 0 aromatic carbocycles. The van der Waals surface area contributed by atoms with Crippen molar-refractivity contribution in [2.75, 3.05) is 0 Å². The van der Waals surface area contributed by atoms with Crippen molar-refractivity contribution in [1.29, 1.82) is 0 Å². The zero-order valence-corrected chi connectivity index (χ0v) is 24.6. The molecule has 5 aliphatic rings. The lowest BCUT2D eigenvalue weighted by molar-refractivity contribution is -0.184. The predicted molar refractivity (Wildman–Crippen MR) is 144 cm³/mol. The van der Waals surface area contributed by atoms with Gasteiger partial charge in [-0.25, -0.2) is 0 Å². The molecule has 3 saturated carbocycles. The van der Waals surface area contributed by atoms with E-state index in [9.17, 15) is 19.5 Å². The predicted octanol–water partition coefficient (Wildman–Crippen LogP) is 5.57. The molecule has 6 heteroatoms. The van der Waals surface area contributed by atoms with Crippen molar-refractivity contribution >= 4 is 17.5 Å². The van der Waals surface area contributed by atoms with Crippen LogP contribution in [-0.4, -0.2) is 40.5 Å². The highest BCUT2D eigenvalue weighted by Gasteiger charge is 2.75. The van der Waals surface area contributed by atoms with Crippen LogP contribution in [0.1, 0.15) is 94.4 Å². The molecule has 3 fully saturated rings. The first-order valence-electron chi connectivity index (χ1n) is 14.5. The first kappa shape index (κ1) is 27.6. The zero-order valence-electron chi connectivity index (χ0n) is 24.6. The Morgan fingerprint density at radius 1 is 1.08 bits per heavy atom. The quantitative estimate of drug-likeness (QED) is 0.382. The third-order valence-electron chi connectivity index (χ3n) is 12.1. The fourth-order valence-corrected chi connectivity index (χ4v) is 9.96. The largest absolute Gasteiger partial charge is 0.483 e. The number of rotatable bonds is 3. The van der Waals surface area contributed by atoms with Gasteiger partial charge in [-0.05, 0) is 55.3 Å². The Labute approximate surface area is 227 Å². The molecule has 1 aliphatic heterocycles. The van der Waals surface area contributed by atoms with E-state index in [1.165, 1.54) is 12.5 Å². The summed E-state index contributed by atoms with van der Waals surface area (Å²) in [5.74, 6) is 0.217.